The van der Waals surface area contributed by atoms with E-state index < -0.39 is 6.04 Å². The van der Waals surface area contributed by atoms with Gasteiger partial charge in [0, 0.05) is 5.92 Å². The largest absolute Gasteiger partial charge is 0.494 e. The van der Waals surface area contributed by atoms with Crippen molar-refractivity contribution in [1.29, 1.82) is 0 Å². The summed E-state index contributed by atoms with van der Waals surface area (Å²) in [6.45, 7) is 6.17. The lowest BCUT2D eigenvalue weighted by atomic mass is 9.96. The van der Waals surface area contributed by atoms with Crippen LogP contribution < -0.4 is 20.7 Å². The van der Waals surface area contributed by atoms with Crippen molar-refractivity contribution >= 4 is 23.4 Å². The molecule has 2 aliphatic heterocycles. The van der Waals surface area contributed by atoms with Gasteiger partial charge in [0.1, 0.15) is 5.75 Å². The monoisotopic (exact) mass is 458 g/mol. The molecule has 0 aromatic heterocycles. The van der Waals surface area contributed by atoms with Gasteiger partial charge in [-0.05, 0) is 76.1 Å². The second kappa shape index (κ2) is 12.7. The molecule has 3 amide bonds. The Morgan fingerprint density at radius 1 is 1.09 bits per heavy atom. The number of primary amides is 1. The van der Waals surface area contributed by atoms with E-state index in [4.69, 9.17) is 10.5 Å². The highest BCUT2D eigenvalue weighted by Crippen LogP contribution is 2.25. The number of likely N-dealkylation sites (tertiary alicyclic amines) is 1. The van der Waals surface area contributed by atoms with E-state index in [0.29, 0.717) is 18.8 Å². The molecule has 0 saturated carbocycles. The number of benzene rings is 1. The standard InChI is InChI=1S/C25H38N4O4/c1-2-3-4-5-17-33-21-9-7-20(8-10-21)29-23(30)18-22(25(29)32)27-13-6-14-28-15-11-19(12-16-28)24(26)31/h7-10,19,22,27H,2-6,11-18H2,1H3,(H2,26,31)/t22-/m1/s1. The number of nitrogens with zero attached hydrogens (tertiary/aromatic N) is 2. The van der Waals surface area contributed by atoms with Gasteiger partial charge in [-0.1, -0.05) is 26.2 Å². The maximum atomic E-state index is 12.8. The lowest BCUT2D eigenvalue weighted by molar-refractivity contribution is -0.123. The van der Waals surface area contributed by atoms with Gasteiger partial charge in [-0.15, -0.1) is 0 Å². The molecule has 3 N–H and O–H groups in total. The molecule has 0 unspecified atom stereocenters. The molecular weight excluding hydrogens is 420 g/mol. The average Bonchev–Trinajstić information content (AvgIpc) is 3.10. The zero-order valence-corrected chi connectivity index (χ0v) is 19.8. The molecule has 3 rings (SSSR count). The summed E-state index contributed by atoms with van der Waals surface area (Å²) in [4.78, 5) is 40.2. The number of nitrogens with two attached hydrogens (primary N) is 1. The van der Waals surface area contributed by atoms with E-state index in [2.05, 4.69) is 17.1 Å². The number of nitrogens with one attached hydrogen (secondary N) is 1. The highest BCUT2D eigenvalue weighted by atomic mass is 16.5. The zero-order valence-electron chi connectivity index (χ0n) is 19.8. The third-order valence-corrected chi connectivity index (χ3v) is 6.54. The summed E-state index contributed by atoms with van der Waals surface area (Å²) in [5.41, 5.74) is 5.97. The lowest BCUT2D eigenvalue weighted by Crippen LogP contribution is -2.41. The fourth-order valence-electron chi connectivity index (χ4n) is 4.49. The van der Waals surface area contributed by atoms with Crippen LogP contribution in [-0.2, 0) is 14.4 Å². The van der Waals surface area contributed by atoms with E-state index in [1.807, 2.05) is 12.1 Å². The van der Waals surface area contributed by atoms with Crippen LogP contribution in [0.25, 0.3) is 0 Å². The number of rotatable bonds is 13. The molecule has 0 spiro atoms. The average molecular weight is 459 g/mol. The Morgan fingerprint density at radius 3 is 2.48 bits per heavy atom. The normalized spacial score (nSPS) is 19.9. The smallest absolute Gasteiger partial charge is 0.251 e. The van der Waals surface area contributed by atoms with Crippen LogP contribution >= 0.6 is 0 Å². The zero-order chi connectivity index (χ0) is 23.6. The Balaban J connectivity index is 1.39. The predicted octanol–water partition coefficient (Wildman–Crippen LogP) is 2.45. The van der Waals surface area contributed by atoms with E-state index in [1.54, 1.807) is 12.1 Å². The van der Waals surface area contributed by atoms with Crippen LogP contribution in [0.2, 0.25) is 0 Å². The minimum Gasteiger partial charge on any atom is -0.494 e. The molecule has 1 aromatic rings. The van der Waals surface area contributed by atoms with Crippen molar-refractivity contribution < 1.29 is 19.1 Å². The summed E-state index contributed by atoms with van der Waals surface area (Å²) < 4.78 is 5.75. The van der Waals surface area contributed by atoms with Crippen LogP contribution in [0.5, 0.6) is 5.75 Å². The number of hydrogen-bond acceptors (Lipinski definition) is 6. The van der Waals surface area contributed by atoms with Crippen LogP contribution in [-0.4, -0.2) is 61.4 Å². The predicted molar refractivity (Wildman–Crippen MR) is 128 cm³/mol. The molecule has 8 heteroatoms. The van der Waals surface area contributed by atoms with Crippen LogP contribution in [0.15, 0.2) is 24.3 Å². The molecule has 1 atom stereocenters. The highest BCUT2D eigenvalue weighted by Gasteiger charge is 2.39. The molecule has 0 aliphatic carbocycles. The van der Waals surface area contributed by atoms with Crippen molar-refractivity contribution in [3.8, 4) is 5.75 Å². The van der Waals surface area contributed by atoms with Gasteiger partial charge in [-0.2, -0.15) is 0 Å². The van der Waals surface area contributed by atoms with Crippen molar-refractivity contribution in [1.82, 2.24) is 10.2 Å². The van der Waals surface area contributed by atoms with Gasteiger partial charge in [-0.25, -0.2) is 4.90 Å². The Kier molecular flexibility index (Phi) is 9.69. The van der Waals surface area contributed by atoms with E-state index in [9.17, 15) is 14.4 Å². The SMILES string of the molecule is CCCCCCOc1ccc(N2C(=O)C[C@@H](NCCCN3CCC(C(N)=O)CC3)C2=O)cc1. The van der Waals surface area contributed by atoms with Crippen molar-refractivity contribution in [3.05, 3.63) is 24.3 Å². The van der Waals surface area contributed by atoms with Gasteiger partial charge in [0.25, 0.3) is 5.91 Å². The van der Waals surface area contributed by atoms with Gasteiger partial charge in [0.2, 0.25) is 11.8 Å². The summed E-state index contributed by atoms with van der Waals surface area (Å²) in [5.74, 6) is 0.174. The van der Waals surface area contributed by atoms with Crippen LogP contribution in [0.4, 0.5) is 5.69 Å². The van der Waals surface area contributed by atoms with Gasteiger partial charge in [-0.3, -0.25) is 14.4 Å². The van der Waals surface area contributed by atoms with E-state index >= 15 is 0 Å². The number of anilines is 1. The van der Waals surface area contributed by atoms with E-state index in [1.165, 1.54) is 17.7 Å². The lowest BCUT2D eigenvalue weighted by Gasteiger charge is -2.30. The number of ether oxygens (including phenoxy) is 1. The molecule has 0 bridgehead atoms. The molecule has 2 fully saturated rings. The maximum Gasteiger partial charge on any atom is 0.251 e. The first-order valence-electron chi connectivity index (χ1n) is 12.3. The van der Waals surface area contributed by atoms with Crippen LogP contribution in [0, 0.1) is 5.92 Å². The summed E-state index contributed by atoms with van der Waals surface area (Å²) in [6, 6.07) is 6.70. The molecule has 33 heavy (non-hydrogen) atoms. The second-order valence-corrected chi connectivity index (χ2v) is 9.05. The minimum absolute atomic E-state index is 0.00101. The Labute approximate surface area is 196 Å². The van der Waals surface area contributed by atoms with Crippen molar-refractivity contribution in [3.63, 3.8) is 0 Å². The Morgan fingerprint density at radius 2 is 1.82 bits per heavy atom. The molecule has 2 saturated heterocycles. The topological polar surface area (TPSA) is 105 Å². The minimum atomic E-state index is -0.479. The van der Waals surface area contributed by atoms with Gasteiger partial charge < -0.3 is 20.7 Å². The first kappa shape index (κ1) is 25.2. The maximum absolute atomic E-state index is 12.8. The Bertz CT molecular complexity index is 790. The molecule has 1 aromatic carbocycles. The number of unbranched alkanes of at least 4 members (excludes halogenated alkanes) is 3. The molecule has 0 radical (unpaired) electrons. The number of amides is 3. The summed E-state index contributed by atoms with van der Waals surface area (Å²) in [6.07, 6.45) is 7.28. The molecule has 2 heterocycles. The first-order chi connectivity index (χ1) is 16.0. The van der Waals surface area contributed by atoms with Crippen molar-refractivity contribution in [2.24, 2.45) is 11.7 Å². The molecular formula is C25H38N4O4. The van der Waals surface area contributed by atoms with Crippen LogP contribution in [0.1, 0.15) is 58.3 Å². The first-order valence-corrected chi connectivity index (χ1v) is 12.3. The summed E-state index contributed by atoms with van der Waals surface area (Å²) >= 11 is 0. The third-order valence-electron chi connectivity index (χ3n) is 6.54. The van der Waals surface area contributed by atoms with Gasteiger partial charge in [0.05, 0.1) is 24.8 Å². The fraction of sp³-hybridized carbons (Fsp3) is 0.640. The van der Waals surface area contributed by atoms with E-state index in [0.717, 1.165) is 57.5 Å². The quantitative estimate of drug-likeness (QED) is 0.348. The summed E-state index contributed by atoms with van der Waals surface area (Å²) in [5, 5.41) is 3.25. The van der Waals surface area contributed by atoms with Gasteiger partial charge in [0.15, 0.2) is 0 Å². The van der Waals surface area contributed by atoms with Crippen LogP contribution in [0.3, 0.4) is 0 Å². The number of hydrogen-bond donors (Lipinski definition) is 2. The fourth-order valence-corrected chi connectivity index (χ4v) is 4.49. The molecule has 2 aliphatic rings. The van der Waals surface area contributed by atoms with Gasteiger partial charge >= 0.3 is 0 Å². The number of piperidine rings is 1. The molecule has 8 nitrogen and oxygen atoms in total. The number of carbonyl (C=O) groups excluding carboxylic acids is 3. The van der Waals surface area contributed by atoms with E-state index in [-0.39, 0.29) is 30.1 Å². The second-order valence-electron chi connectivity index (χ2n) is 9.05. The van der Waals surface area contributed by atoms with Crippen molar-refractivity contribution in [2.75, 3.05) is 37.7 Å². The number of carbonyl (C=O) groups is 3. The third kappa shape index (κ3) is 7.27. The summed E-state index contributed by atoms with van der Waals surface area (Å²) in [7, 11) is 0. The Hall–Kier alpha value is -2.45. The molecule has 182 valence electrons. The highest BCUT2D eigenvalue weighted by molar-refractivity contribution is 6.22. The van der Waals surface area contributed by atoms with Crippen molar-refractivity contribution in [2.45, 2.75) is 64.3 Å². The number of imide groups is 1.